The number of fused-ring (bicyclic) bond motifs is 1. The van der Waals surface area contributed by atoms with Gasteiger partial charge in [-0.05, 0) is 24.6 Å². The van der Waals surface area contributed by atoms with E-state index in [1.54, 1.807) is 18.2 Å². The second-order valence-electron chi connectivity index (χ2n) is 8.95. The number of carboxylic acids is 1. The average Bonchev–Trinajstić information content (AvgIpc) is 3.34. The summed E-state index contributed by atoms with van der Waals surface area (Å²) in [4.78, 5) is 58.7. The van der Waals surface area contributed by atoms with Crippen molar-refractivity contribution in [1.82, 2.24) is 19.6 Å². The third kappa shape index (κ3) is 7.22. The van der Waals surface area contributed by atoms with Crippen LogP contribution in [0.2, 0.25) is 0 Å². The van der Waals surface area contributed by atoms with Gasteiger partial charge < -0.3 is 36.0 Å². The van der Waals surface area contributed by atoms with Crippen molar-refractivity contribution in [2.75, 3.05) is 51.4 Å². The zero-order valence-corrected chi connectivity index (χ0v) is 23.4. The molecular formula is C23H29FN8O6S2. The minimum absolute atomic E-state index is 0.0548. The van der Waals surface area contributed by atoms with E-state index in [4.69, 9.17) is 16.3 Å². The summed E-state index contributed by atoms with van der Waals surface area (Å²) in [5.74, 6) is -3.52. The Morgan fingerprint density at radius 3 is 2.67 bits per heavy atom. The van der Waals surface area contributed by atoms with E-state index in [0.29, 0.717) is 23.1 Å². The second-order valence-corrected chi connectivity index (χ2v) is 10.8. The maximum absolute atomic E-state index is 13.0. The SMILES string of the molecule is CC[N+](C)(C/C=C/C(N)=O)C/C=C/C1=C(C(=O)[O-])N2C(=O)C(NC(=O)/C(=N\OCCF)c3nsc(N)n3)C2SC1. The highest BCUT2D eigenvalue weighted by Crippen LogP contribution is 2.40. The number of hydrogen-bond acceptors (Lipinski definition) is 12. The van der Waals surface area contributed by atoms with Gasteiger partial charge in [-0.15, -0.1) is 11.8 Å². The number of alkyl halides is 1. The van der Waals surface area contributed by atoms with Crippen molar-refractivity contribution in [1.29, 1.82) is 0 Å². The molecule has 3 atom stereocenters. The molecule has 0 bridgehead atoms. The van der Waals surface area contributed by atoms with Gasteiger partial charge in [0.1, 0.15) is 24.7 Å². The number of carboxylic acid groups (broad SMARTS) is 1. The summed E-state index contributed by atoms with van der Waals surface area (Å²) < 4.78 is 16.9. The first-order chi connectivity index (χ1) is 19.0. The minimum Gasteiger partial charge on any atom is -0.543 e. The van der Waals surface area contributed by atoms with Crippen molar-refractivity contribution >= 4 is 57.8 Å². The van der Waals surface area contributed by atoms with Crippen molar-refractivity contribution < 1.29 is 38.0 Å². The molecule has 1 saturated heterocycles. The molecule has 2 aliphatic heterocycles. The summed E-state index contributed by atoms with van der Waals surface area (Å²) in [5.41, 5.74) is 10.4. The number of anilines is 1. The number of allylic oxidation sites excluding steroid dienone is 1. The molecule has 14 nitrogen and oxygen atoms in total. The molecule has 40 heavy (non-hydrogen) atoms. The highest BCUT2D eigenvalue weighted by atomic mass is 32.2. The van der Waals surface area contributed by atoms with Crippen LogP contribution in [0.25, 0.3) is 0 Å². The standard InChI is InChI=1S/C23H29FN8O6S2/c1-3-32(2,10-5-7-14(25)33)9-4-6-13-12-39-21-16(20(35)31(21)17(13)22(36)37)27-19(34)15(29-38-11-8-24)18-28-23(26)40-30-18/h4-7,16,21H,3,8-12H2,1-2H3,(H5-,25,26,27,28,30,33,34,36,37)/b6-4+,7-5+,29-15-. The van der Waals surface area contributed by atoms with Gasteiger partial charge in [0, 0.05) is 23.4 Å². The molecule has 5 N–H and O–H groups in total. The lowest BCUT2D eigenvalue weighted by Crippen LogP contribution is -2.71. The number of likely N-dealkylation sites (N-methyl/N-ethyl adjacent to an activating group) is 1. The monoisotopic (exact) mass is 596 g/mol. The first-order valence-electron chi connectivity index (χ1n) is 12.0. The van der Waals surface area contributed by atoms with Gasteiger partial charge in [-0.1, -0.05) is 11.2 Å². The Balaban J connectivity index is 1.74. The minimum atomic E-state index is -1.52. The summed E-state index contributed by atoms with van der Waals surface area (Å²) >= 11 is 2.07. The smallest absolute Gasteiger partial charge is 0.278 e. The van der Waals surface area contributed by atoms with E-state index < -0.39 is 54.1 Å². The summed E-state index contributed by atoms with van der Waals surface area (Å²) in [7, 11) is 1.97. The highest BCUT2D eigenvalue weighted by molar-refractivity contribution is 8.00. The number of thioether (sulfide) groups is 1. The predicted octanol–water partition coefficient (Wildman–Crippen LogP) is -1.72. The molecule has 3 unspecified atom stereocenters. The fourth-order valence-corrected chi connectivity index (χ4v) is 5.59. The quantitative estimate of drug-likeness (QED) is 0.0553. The fourth-order valence-electron chi connectivity index (χ4n) is 3.84. The number of rotatable bonds is 14. The van der Waals surface area contributed by atoms with Crippen LogP contribution in [0.1, 0.15) is 12.7 Å². The van der Waals surface area contributed by atoms with Crippen molar-refractivity contribution in [2.24, 2.45) is 10.9 Å². The Morgan fingerprint density at radius 2 is 2.08 bits per heavy atom. The molecule has 0 aromatic carbocycles. The first kappa shape index (κ1) is 30.7. The molecule has 1 fully saturated rings. The normalized spacial score (nSPS) is 20.8. The maximum atomic E-state index is 13.0. The van der Waals surface area contributed by atoms with E-state index in [9.17, 15) is 28.7 Å². The molecule has 216 valence electrons. The van der Waals surface area contributed by atoms with Gasteiger partial charge in [-0.25, -0.2) is 4.39 Å². The summed E-state index contributed by atoms with van der Waals surface area (Å²) in [6.07, 6.45) is 6.42. The number of oxime groups is 1. The third-order valence-corrected chi connectivity index (χ3v) is 7.97. The Morgan fingerprint density at radius 1 is 1.35 bits per heavy atom. The molecule has 2 aliphatic rings. The number of nitrogens with zero attached hydrogens (tertiary/aromatic N) is 5. The van der Waals surface area contributed by atoms with Crippen LogP contribution in [0.4, 0.5) is 9.52 Å². The molecular weight excluding hydrogens is 567 g/mol. The predicted molar refractivity (Wildman–Crippen MR) is 144 cm³/mol. The lowest BCUT2D eigenvalue weighted by atomic mass is 10.0. The van der Waals surface area contributed by atoms with Crippen LogP contribution < -0.4 is 21.9 Å². The number of nitrogen functional groups attached to an aromatic ring is 1. The van der Waals surface area contributed by atoms with Gasteiger partial charge in [0.15, 0.2) is 5.13 Å². The summed E-state index contributed by atoms with van der Waals surface area (Å²) in [6, 6.07) is -1.07. The van der Waals surface area contributed by atoms with Gasteiger partial charge in [0.25, 0.3) is 11.8 Å². The first-order valence-corrected chi connectivity index (χ1v) is 13.8. The van der Waals surface area contributed by atoms with Crippen molar-refractivity contribution in [2.45, 2.75) is 18.3 Å². The molecule has 3 heterocycles. The molecule has 1 aromatic heterocycles. The molecule has 17 heteroatoms. The number of carbonyl (C=O) groups is 4. The largest absolute Gasteiger partial charge is 0.543 e. The van der Waals surface area contributed by atoms with Crippen LogP contribution >= 0.6 is 23.3 Å². The zero-order valence-electron chi connectivity index (χ0n) is 21.7. The molecule has 0 spiro atoms. The number of carbonyl (C=O) groups excluding carboxylic acids is 4. The number of hydrogen-bond donors (Lipinski definition) is 3. The number of amides is 3. The van der Waals surface area contributed by atoms with Gasteiger partial charge in [0.05, 0.1) is 38.3 Å². The van der Waals surface area contributed by atoms with Gasteiger partial charge in [-0.2, -0.15) is 9.36 Å². The lowest BCUT2D eigenvalue weighted by Gasteiger charge is -2.50. The van der Waals surface area contributed by atoms with Crippen molar-refractivity contribution in [3.8, 4) is 0 Å². The zero-order chi connectivity index (χ0) is 29.4. The van der Waals surface area contributed by atoms with E-state index in [-0.39, 0.29) is 22.4 Å². The molecule has 0 aliphatic carbocycles. The Kier molecular flexibility index (Phi) is 10.4. The third-order valence-electron chi connectivity index (χ3n) is 6.13. The highest BCUT2D eigenvalue weighted by Gasteiger charge is 2.53. The molecule has 0 radical (unpaired) electrons. The fraction of sp³-hybridized carbons (Fsp3) is 0.435. The Labute approximate surface area is 237 Å². The van der Waals surface area contributed by atoms with Crippen molar-refractivity contribution in [3.05, 3.63) is 41.4 Å². The van der Waals surface area contributed by atoms with Crippen LogP contribution in [-0.2, 0) is 24.0 Å². The van der Waals surface area contributed by atoms with E-state index in [0.717, 1.165) is 23.0 Å². The van der Waals surface area contributed by atoms with Crippen molar-refractivity contribution in [3.63, 3.8) is 0 Å². The summed E-state index contributed by atoms with van der Waals surface area (Å²) in [6.45, 7) is 2.50. The average molecular weight is 597 g/mol. The van der Waals surface area contributed by atoms with Crippen LogP contribution in [0.15, 0.2) is 40.7 Å². The van der Waals surface area contributed by atoms with E-state index in [2.05, 4.69) is 19.8 Å². The number of nitrogens with two attached hydrogens (primary N) is 2. The topological polar surface area (TPSA) is 206 Å². The number of β-lactam (4-membered cyclic amide) rings is 1. The maximum Gasteiger partial charge on any atom is 0.278 e. The Hall–Kier alpha value is -3.83. The van der Waals surface area contributed by atoms with Crippen LogP contribution in [0, 0.1) is 0 Å². The van der Waals surface area contributed by atoms with Crippen LogP contribution in [0.3, 0.4) is 0 Å². The van der Waals surface area contributed by atoms with Gasteiger partial charge in [0.2, 0.25) is 17.4 Å². The molecule has 3 rings (SSSR count). The number of quaternary nitrogens is 1. The van der Waals surface area contributed by atoms with Crippen LogP contribution in [0.5, 0.6) is 0 Å². The number of aromatic nitrogens is 2. The molecule has 3 amide bonds. The Bertz CT molecular complexity index is 1280. The van der Waals surface area contributed by atoms with E-state index >= 15 is 0 Å². The molecule has 0 saturated carbocycles. The number of aliphatic carboxylic acids is 1. The lowest BCUT2D eigenvalue weighted by molar-refractivity contribution is -0.896. The van der Waals surface area contributed by atoms with Gasteiger partial charge in [-0.3, -0.25) is 19.3 Å². The number of primary amides is 1. The number of nitrogens with one attached hydrogen (secondary N) is 1. The number of halogens is 1. The summed E-state index contributed by atoms with van der Waals surface area (Å²) in [5, 5.41) is 17.5. The van der Waals surface area contributed by atoms with E-state index in [1.165, 1.54) is 17.8 Å². The van der Waals surface area contributed by atoms with E-state index in [1.807, 2.05) is 14.0 Å². The molecule has 1 aromatic rings. The van der Waals surface area contributed by atoms with Gasteiger partial charge >= 0.3 is 0 Å². The second kappa shape index (κ2) is 13.5. The van der Waals surface area contributed by atoms with Crippen LogP contribution in [-0.4, -0.2) is 105 Å².